The van der Waals surface area contributed by atoms with Crippen LogP contribution >= 0.6 is 11.6 Å². The third-order valence-electron chi connectivity index (χ3n) is 5.94. The Hall–Kier alpha value is -2.95. The van der Waals surface area contributed by atoms with Crippen LogP contribution in [-0.4, -0.2) is 56.9 Å². The number of nitrogens with zero attached hydrogens (tertiary/aromatic N) is 2. The lowest BCUT2D eigenvalue weighted by Gasteiger charge is -2.31. The number of carbonyl (C=O) groups is 1. The number of amides is 1. The Morgan fingerprint density at radius 2 is 2.06 bits per heavy atom. The first-order chi connectivity index (χ1) is 16.8. The highest BCUT2D eigenvalue weighted by atomic mass is 35.5. The Balaban J connectivity index is 1.35. The summed E-state index contributed by atoms with van der Waals surface area (Å²) in [4.78, 5) is 16.8. The molecule has 0 aliphatic carbocycles. The molecule has 186 valence electrons. The molecule has 2 heterocycles. The zero-order valence-electron chi connectivity index (χ0n) is 19.1. The van der Waals surface area contributed by atoms with Crippen LogP contribution in [0.3, 0.4) is 0 Å². The molecule has 1 aliphatic heterocycles. The van der Waals surface area contributed by atoms with Gasteiger partial charge in [-0.15, -0.1) is 0 Å². The molecular formula is C24H26ClFN4O4S. The minimum absolute atomic E-state index is 0.0248. The maximum absolute atomic E-state index is 13.8. The highest BCUT2D eigenvalue weighted by Crippen LogP contribution is 2.30. The van der Waals surface area contributed by atoms with Gasteiger partial charge in [-0.3, -0.25) is 9.78 Å². The number of methoxy groups -OCH3 is 1. The normalized spacial score (nSPS) is 16.7. The highest BCUT2D eigenvalue weighted by molar-refractivity contribution is 7.89. The summed E-state index contributed by atoms with van der Waals surface area (Å²) >= 11 is 6.03. The third-order valence-corrected chi connectivity index (χ3v) is 8.06. The molecule has 1 atom stereocenters. The van der Waals surface area contributed by atoms with Gasteiger partial charge in [0.15, 0.2) is 0 Å². The molecule has 8 nitrogen and oxygen atoms in total. The minimum atomic E-state index is -4.02. The van der Waals surface area contributed by atoms with Gasteiger partial charge in [0.1, 0.15) is 16.5 Å². The molecular weight excluding hydrogens is 495 g/mol. The molecule has 0 unspecified atom stereocenters. The van der Waals surface area contributed by atoms with Crippen LogP contribution in [0.2, 0.25) is 5.02 Å². The van der Waals surface area contributed by atoms with Gasteiger partial charge in [-0.2, -0.15) is 4.31 Å². The summed E-state index contributed by atoms with van der Waals surface area (Å²) in [5.41, 5.74) is 1.64. The fourth-order valence-electron chi connectivity index (χ4n) is 4.17. The highest BCUT2D eigenvalue weighted by Gasteiger charge is 2.35. The molecule has 0 bridgehead atoms. The lowest BCUT2D eigenvalue weighted by Crippen LogP contribution is -2.46. The van der Waals surface area contributed by atoms with Gasteiger partial charge in [0.05, 0.1) is 18.5 Å². The van der Waals surface area contributed by atoms with Gasteiger partial charge in [0.25, 0.3) is 0 Å². The van der Waals surface area contributed by atoms with Gasteiger partial charge in [-0.25, -0.2) is 12.8 Å². The molecule has 1 saturated heterocycles. The number of ether oxygens (including phenoxy) is 1. The van der Waals surface area contributed by atoms with Crippen molar-refractivity contribution in [2.45, 2.75) is 17.7 Å². The van der Waals surface area contributed by atoms with Crippen LogP contribution in [0.5, 0.6) is 5.75 Å². The molecule has 1 aliphatic rings. The Labute approximate surface area is 208 Å². The monoisotopic (exact) mass is 520 g/mol. The summed E-state index contributed by atoms with van der Waals surface area (Å²) < 4.78 is 46.4. The zero-order valence-corrected chi connectivity index (χ0v) is 20.7. The number of fused-ring (bicyclic) bond motifs is 1. The second-order valence-corrected chi connectivity index (χ2v) is 10.6. The Kier molecular flexibility index (Phi) is 7.73. The number of piperidine rings is 1. The molecule has 0 spiro atoms. The van der Waals surface area contributed by atoms with E-state index < -0.39 is 21.8 Å². The van der Waals surface area contributed by atoms with E-state index in [1.165, 1.54) is 17.5 Å². The topological polar surface area (TPSA) is 101 Å². The summed E-state index contributed by atoms with van der Waals surface area (Å²) in [6.07, 6.45) is 2.78. The van der Waals surface area contributed by atoms with E-state index in [9.17, 15) is 17.6 Å². The van der Waals surface area contributed by atoms with Gasteiger partial charge < -0.3 is 15.4 Å². The largest absolute Gasteiger partial charge is 0.495 e. The maximum atomic E-state index is 13.8. The number of anilines is 1. The second kappa shape index (κ2) is 10.8. The number of benzene rings is 2. The number of rotatable bonds is 8. The predicted octanol–water partition coefficient (Wildman–Crippen LogP) is 3.66. The molecule has 1 fully saturated rings. The number of aromatic nitrogens is 1. The number of carbonyl (C=O) groups excluding carboxylic acids is 1. The summed E-state index contributed by atoms with van der Waals surface area (Å²) in [5, 5.41) is 7.69. The average molecular weight is 521 g/mol. The van der Waals surface area contributed by atoms with Crippen LogP contribution < -0.4 is 15.4 Å². The molecule has 2 N–H and O–H groups in total. The lowest BCUT2D eigenvalue weighted by molar-refractivity contribution is -0.125. The molecule has 0 saturated carbocycles. The number of pyridine rings is 1. The predicted molar refractivity (Wildman–Crippen MR) is 133 cm³/mol. The van der Waals surface area contributed by atoms with Crippen molar-refractivity contribution in [3.8, 4) is 5.75 Å². The first-order valence-corrected chi connectivity index (χ1v) is 13.0. The molecule has 3 aromatic rings. The lowest BCUT2D eigenvalue weighted by atomic mass is 9.99. The van der Waals surface area contributed by atoms with E-state index in [1.54, 1.807) is 18.3 Å². The third kappa shape index (κ3) is 5.66. The summed E-state index contributed by atoms with van der Waals surface area (Å²) in [5.74, 6) is -1.32. The van der Waals surface area contributed by atoms with Crippen molar-refractivity contribution in [2.75, 3.05) is 38.6 Å². The minimum Gasteiger partial charge on any atom is -0.495 e. The van der Waals surface area contributed by atoms with E-state index in [1.807, 2.05) is 12.1 Å². The second-order valence-electron chi connectivity index (χ2n) is 8.24. The number of hydrogen-bond acceptors (Lipinski definition) is 6. The van der Waals surface area contributed by atoms with E-state index in [4.69, 9.17) is 16.3 Å². The number of sulfonamides is 1. The van der Waals surface area contributed by atoms with Crippen molar-refractivity contribution >= 4 is 44.1 Å². The molecule has 11 heteroatoms. The first kappa shape index (κ1) is 25.2. The summed E-state index contributed by atoms with van der Waals surface area (Å²) in [6.45, 7) is 1.11. The van der Waals surface area contributed by atoms with Gasteiger partial charge in [0.2, 0.25) is 15.9 Å². The van der Waals surface area contributed by atoms with E-state index in [-0.39, 0.29) is 29.6 Å². The smallest absolute Gasteiger partial charge is 0.246 e. The standard InChI is InChI=1S/C24H26ClFN4O4S/c1-34-22-7-5-18(26)14-23(22)35(32,33)30-12-2-3-16(15-30)24(31)29-11-10-28-20-8-9-27-21-13-17(25)4-6-19(20)21/h4-9,13-14,16H,2-3,10-12,15H2,1H3,(H,27,28)(H,29,31)/t16-/m0/s1. The van der Waals surface area contributed by atoms with Crippen molar-refractivity contribution < 1.29 is 22.3 Å². The maximum Gasteiger partial charge on any atom is 0.246 e. The number of halogens is 2. The van der Waals surface area contributed by atoms with Crippen molar-refractivity contribution in [3.63, 3.8) is 0 Å². The fourth-order valence-corrected chi connectivity index (χ4v) is 6.03. The van der Waals surface area contributed by atoms with Crippen LogP contribution in [-0.2, 0) is 14.8 Å². The van der Waals surface area contributed by atoms with Gasteiger partial charge >= 0.3 is 0 Å². The van der Waals surface area contributed by atoms with Crippen LogP contribution in [0.15, 0.2) is 53.6 Å². The first-order valence-electron chi connectivity index (χ1n) is 11.2. The zero-order chi connectivity index (χ0) is 25.0. The Morgan fingerprint density at radius 1 is 1.23 bits per heavy atom. The number of nitrogens with one attached hydrogen (secondary N) is 2. The van der Waals surface area contributed by atoms with Crippen molar-refractivity contribution in [2.24, 2.45) is 5.92 Å². The molecule has 1 amide bonds. The van der Waals surface area contributed by atoms with Crippen LogP contribution in [0.25, 0.3) is 10.9 Å². The molecule has 4 rings (SSSR count). The SMILES string of the molecule is COc1ccc(F)cc1S(=O)(=O)N1CCC[C@H](C(=O)NCCNc2ccnc3cc(Cl)ccc23)C1. The molecule has 35 heavy (non-hydrogen) atoms. The fraction of sp³-hybridized carbons (Fsp3) is 0.333. The summed E-state index contributed by atoms with van der Waals surface area (Å²) in [6, 6.07) is 10.7. The molecule has 1 aromatic heterocycles. The number of hydrogen-bond donors (Lipinski definition) is 2. The van der Waals surface area contributed by atoms with E-state index in [0.717, 1.165) is 28.7 Å². The Bertz CT molecular complexity index is 1340. The average Bonchev–Trinajstić information content (AvgIpc) is 2.86. The van der Waals surface area contributed by atoms with Gasteiger partial charge in [-0.1, -0.05) is 11.6 Å². The molecule has 2 aromatic carbocycles. The van der Waals surface area contributed by atoms with Crippen molar-refractivity contribution in [1.29, 1.82) is 0 Å². The van der Waals surface area contributed by atoms with E-state index >= 15 is 0 Å². The molecule has 0 radical (unpaired) electrons. The van der Waals surface area contributed by atoms with Crippen LogP contribution in [0.4, 0.5) is 10.1 Å². The van der Waals surface area contributed by atoms with Crippen LogP contribution in [0.1, 0.15) is 12.8 Å². The van der Waals surface area contributed by atoms with Crippen molar-refractivity contribution in [1.82, 2.24) is 14.6 Å². The summed E-state index contributed by atoms with van der Waals surface area (Å²) in [7, 11) is -2.69. The van der Waals surface area contributed by atoms with Crippen molar-refractivity contribution in [3.05, 3.63) is 59.5 Å². The quantitative estimate of drug-likeness (QED) is 0.440. The van der Waals surface area contributed by atoms with Gasteiger partial charge in [-0.05, 0) is 55.3 Å². The Morgan fingerprint density at radius 3 is 2.86 bits per heavy atom. The van der Waals surface area contributed by atoms with E-state index in [0.29, 0.717) is 31.0 Å². The van der Waals surface area contributed by atoms with Gasteiger partial charge in [0, 0.05) is 48.5 Å². The van der Waals surface area contributed by atoms with E-state index in [2.05, 4.69) is 15.6 Å². The van der Waals surface area contributed by atoms with Crippen LogP contribution in [0, 0.1) is 11.7 Å².